The van der Waals surface area contributed by atoms with Crippen LogP contribution < -0.4 is 0 Å². The highest BCUT2D eigenvalue weighted by atomic mass is 15.1. The first kappa shape index (κ1) is 29.1. The minimum atomic E-state index is 0.564. The molecule has 12 rings (SSSR count). The lowest BCUT2D eigenvalue weighted by Gasteiger charge is -2.67. The van der Waals surface area contributed by atoms with Crippen LogP contribution in [0.15, 0.2) is 91.0 Å². The number of nitrogens with zero attached hydrogens (tertiary/aromatic N) is 2. The number of benzene rings is 4. The number of fused-ring (bicyclic) bond motifs is 13. The number of hydrogen-bond donors (Lipinski definition) is 0. The summed E-state index contributed by atoms with van der Waals surface area (Å²) in [4.78, 5) is 0. The molecule has 0 aliphatic heterocycles. The molecule has 0 saturated heterocycles. The van der Waals surface area contributed by atoms with E-state index in [1.54, 1.807) is 32.1 Å². The molecule has 0 spiro atoms. The first-order chi connectivity index (χ1) is 24.8. The van der Waals surface area contributed by atoms with Crippen molar-refractivity contribution in [3.63, 3.8) is 0 Å². The van der Waals surface area contributed by atoms with Crippen molar-refractivity contribution in [1.29, 1.82) is 0 Å². The summed E-state index contributed by atoms with van der Waals surface area (Å²) in [6, 6.07) is 35.2. The molecule has 6 aromatic rings. The molecule has 6 fully saturated rings. The third-order valence-electron chi connectivity index (χ3n) is 16.5. The van der Waals surface area contributed by atoms with Crippen LogP contribution in [0.3, 0.4) is 0 Å². The molecule has 254 valence electrons. The Labute approximate surface area is 297 Å². The minimum absolute atomic E-state index is 0.564. The van der Waals surface area contributed by atoms with Crippen molar-refractivity contribution in [2.24, 2.45) is 59.2 Å². The number of rotatable bonds is 2. The Bertz CT molecular complexity index is 2250. The second kappa shape index (κ2) is 11.0. The van der Waals surface area contributed by atoms with Crippen molar-refractivity contribution in [1.82, 2.24) is 9.13 Å². The third kappa shape index (κ3) is 3.87. The zero-order valence-electron chi connectivity index (χ0n) is 29.6. The van der Waals surface area contributed by atoms with Crippen molar-refractivity contribution >= 4 is 43.6 Å². The molecule has 50 heavy (non-hydrogen) atoms. The largest absolute Gasteiger partial charge is 0.336 e. The van der Waals surface area contributed by atoms with E-state index in [0.29, 0.717) is 6.04 Å². The Hall–Kier alpha value is -3.52. The van der Waals surface area contributed by atoms with Crippen molar-refractivity contribution < 1.29 is 0 Å². The van der Waals surface area contributed by atoms with E-state index in [1.165, 1.54) is 101 Å². The van der Waals surface area contributed by atoms with Crippen LogP contribution in [-0.2, 0) is 0 Å². The van der Waals surface area contributed by atoms with E-state index in [9.17, 15) is 0 Å². The topological polar surface area (TPSA) is 9.86 Å². The lowest BCUT2D eigenvalue weighted by atomic mass is 9.38. The standard InChI is InChI=1S/C48H52N2/c1-2-12-29(13-3-1)49-43-22-8-6-16-34(43)40-26-27-41-35-17-7-9-23-44(35)50(48(41)47(40)49)30-24-25-33-38-20-10-18-36-31-14-4-5-15-32(31)37-19-11-21-39(42(33)28-30)46(37)45(36)38/h1-3,6-9,12-13,16-17,22-23,26-27,30-33,36-39,42,45-46H,4-5,10-11,14-15,18-21,24-25,28H2. The summed E-state index contributed by atoms with van der Waals surface area (Å²) in [6.45, 7) is 0. The zero-order chi connectivity index (χ0) is 32.5. The van der Waals surface area contributed by atoms with Gasteiger partial charge in [-0.1, -0.05) is 92.4 Å². The molecule has 6 saturated carbocycles. The fraction of sp³-hybridized carbons (Fsp3) is 0.500. The molecule has 6 aliphatic carbocycles. The second-order valence-corrected chi connectivity index (χ2v) is 18.0. The number of para-hydroxylation sites is 3. The summed E-state index contributed by atoms with van der Waals surface area (Å²) in [5.74, 6) is 10.3. The second-order valence-electron chi connectivity index (χ2n) is 18.0. The molecule has 2 heterocycles. The monoisotopic (exact) mass is 656 g/mol. The third-order valence-corrected chi connectivity index (χ3v) is 16.5. The van der Waals surface area contributed by atoms with Crippen LogP contribution in [0.5, 0.6) is 0 Å². The van der Waals surface area contributed by atoms with Crippen molar-refractivity contribution in [2.75, 3.05) is 0 Å². The maximum atomic E-state index is 2.91. The van der Waals surface area contributed by atoms with Crippen LogP contribution in [0.25, 0.3) is 49.3 Å². The van der Waals surface area contributed by atoms with E-state index >= 15 is 0 Å². The Balaban J connectivity index is 1.04. The van der Waals surface area contributed by atoms with Gasteiger partial charge in [0.15, 0.2) is 0 Å². The highest BCUT2D eigenvalue weighted by molar-refractivity contribution is 6.23. The predicted molar refractivity (Wildman–Crippen MR) is 208 cm³/mol. The van der Waals surface area contributed by atoms with Gasteiger partial charge in [-0.2, -0.15) is 0 Å². The van der Waals surface area contributed by atoms with Crippen molar-refractivity contribution in [3.05, 3.63) is 91.0 Å². The molecule has 4 aromatic carbocycles. The summed E-state index contributed by atoms with van der Waals surface area (Å²) in [5, 5.41) is 5.62. The average molecular weight is 657 g/mol. The molecule has 11 atom stereocenters. The van der Waals surface area contributed by atoms with E-state index in [4.69, 9.17) is 0 Å². The Morgan fingerprint density at radius 3 is 1.58 bits per heavy atom. The molecule has 11 unspecified atom stereocenters. The smallest absolute Gasteiger partial charge is 0.0785 e. The summed E-state index contributed by atoms with van der Waals surface area (Å²) < 4.78 is 5.51. The van der Waals surface area contributed by atoms with Crippen LogP contribution in [0.1, 0.15) is 89.5 Å². The van der Waals surface area contributed by atoms with Crippen molar-refractivity contribution in [3.8, 4) is 5.69 Å². The van der Waals surface area contributed by atoms with Gasteiger partial charge in [0.2, 0.25) is 0 Å². The molecule has 0 radical (unpaired) electrons. The van der Waals surface area contributed by atoms with Gasteiger partial charge < -0.3 is 9.13 Å². The highest BCUT2D eigenvalue weighted by Gasteiger charge is 2.62. The van der Waals surface area contributed by atoms with Gasteiger partial charge in [0, 0.05) is 38.8 Å². The van der Waals surface area contributed by atoms with Crippen LogP contribution in [0.2, 0.25) is 0 Å². The summed E-state index contributed by atoms with van der Waals surface area (Å²) in [5.41, 5.74) is 6.92. The molecule has 2 nitrogen and oxygen atoms in total. The van der Waals surface area contributed by atoms with E-state index in [-0.39, 0.29) is 0 Å². The van der Waals surface area contributed by atoms with E-state index in [0.717, 1.165) is 59.2 Å². The quantitative estimate of drug-likeness (QED) is 0.176. The van der Waals surface area contributed by atoms with Crippen LogP contribution in [0, 0.1) is 59.2 Å². The van der Waals surface area contributed by atoms with Gasteiger partial charge in [0.1, 0.15) is 0 Å². The lowest BCUT2D eigenvalue weighted by Crippen LogP contribution is -2.61. The maximum absolute atomic E-state index is 2.91. The molecule has 6 aliphatic rings. The predicted octanol–water partition coefficient (Wildman–Crippen LogP) is 12.7. The first-order valence-corrected chi connectivity index (χ1v) is 20.9. The average Bonchev–Trinajstić information content (AvgIpc) is 3.71. The van der Waals surface area contributed by atoms with Crippen LogP contribution in [0.4, 0.5) is 0 Å². The van der Waals surface area contributed by atoms with E-state index in [1.807, 2.05) is 0 Å². The van der Waals surface area contributed by atoms with Gasteiger partial charge in [-0.15, -0.1) is 0 Å². The fourth-order valence-electron chi connectivity index (χ4n) is 15.2. The lowest BCUT2D eigenvalue weighted by molar-refractivity contribution is -0.189. The van der Waals surface area contributed by atoms with Gasteiger partial charge in [-0.05, 0) is 141 Å². The van der Waals surface area contributed by atoms with Gasteiger partial charge in [0.05, 0.1) is 16.6 Å². The van der Waals surface area contributed by atoms with Gasteiger partial charge >= 0.3 is 0 Å². The fourth-order valence-corrected chi connectivity index (χ4v) is 15.2. The van der Waals surface area contributed by atoms with Gasteiger partial charge in [-0.25, -0.2) is 0 Å². The highest BCUT2D eigenvalue weighted by Crippen LogP contribution is 2.69. The SMILES string of the molecule is c1ccc(-n2c3ccccc3c3ccc4c5ccccc5n(C5CCC6C(C5)C5CCCC7C8CCCCC8C8CCCC6C8C75)c4c32)cc1. The van der Waals surface area contributed by atoms with E-state index < -0.39 is 0 Å². The maximum Gasteiger partial charge on any atom is 0.0785 e. The van der Waals surface area contributed by atoms with Gasteiger partial charge in [0.25, 0.3) is 0 Å². The molecule has 2 aromatic heterocycles. The molecule has 0 amide bonds. The first-order valence-electron chi connectivity index (χ1n) is 20.9. The van der Waals surface area contributed by atoms with Crippen molar-refractivity contribution in [2.45, 2.75) is 89.5 Å². The molecular formula is C48H52N2. The zero-order valence-corrected chi connectivity index (χ0v) is 29.6. The molecule has 2 heteroatoms. The van der Waals surface area contributed by atoms with Gasteiger partial charge in [-0.3, -0.25) is 0 Å². The molecular weight excluding hydrogens is 605 g/mol. The van der Waals surface area contributed by atoms with E-state index in [2.05, 4.69) is 100 Å². The summed E-state index contributed by atoms with van der Waals surface area (Å²) >= 11 is 0. The molecule has 0 bridgehead atoms. The number of aromatic nitrogens is 2. The normalized spacial score (nSPS) is 36.4. The Morgan fingerprint density at radius 1 is 0.380 bits per heavy atom. The summed E-state index contributed by atoms with van der Waals surface area (Å²) in [7, 11) is 0. The molecule has 0 N–H and O–H groups in total. The summed E-state index contributed by atoms with van der Waals surface area (Å²) in [6.07, 6.45) is 19.6. The van der Waals surface area contributed by atoms with Crippen LogP contribution >= 0.6 is 0 Å². The van der Waals surface area contributed by atoms with Crippen LogP contribution in [-0.4, -0.2) is 9.13 Å². The minimum Gasteiger partial charge on any atom is -0.336 e. The number of hydrogen-bond acceptors (Lipinski definition) is 0. The Kier molecular flexibility index (Phi) is 6.40. The Morgan fingerprint density at radius 2 is 0.900 bits per heavy atom.